The standard InChI is InChI=1S/C82H123NO8/c1-6-8-10-12-14-16-18-20-22-24-26-28-30-32-33-34-35-36-37-38-39-40-41-42-43-44-45-46-47-49-51-53-55-57-59-61-63-65-67-69-71-73-80(85)91-78(77-90-82(81(86)87)88-75-74-83(3,4)5)76-89-79(84)72-70-68-66-64-62-60-58-56-54-52-50-48-31-29-27-25-23-21-19-17-15-13-11-9-7-2/h8-11,14-17,20-23,26-29,32-33,35-36,38-39,41-42,44-45,47-50,53-56,59-62,78,82H,6-7,12-13,18-19,24-25,30-31,34,37,40,43,46,51-52,57-58,63-77H2,1-5H3/p+1/b10-8-,11-9-,16-14-,17-15-,22-20-,23-21-,28-26-,29-27-,33-32-,36-35-,39-38-,42-41-,45-44-,49-47-,50-48-,55-53-,56-54-,61-59-,62-60-. The summed E-state index contributed by atoms with van der Waals surface area (Å²) in [7, 11) is 5.93. The minimum Gasteiger partial charge on any atom is -0.477 e. The van der Waals surface area contributed by atoms with Crippen LogP contribution >= 0.6 is 0 Å². The number of allylic oxidation sites excluding steroid dienone is 38. The quantitative estimate of drug-likeness (QED) is 0.0211. The molecular formula is C82H124NO8+. The van der Waals surface area contributed by atoms with Crippen molar-refractivity contribution in [1.29, 1.82) is 0 Å². The molecule has 0 radical (unpaired) electrons. The Kier molecular flexibility index (Phi) is 64.2. The highest BCUT2D eigenvalue weighted by molar-refractivity contribution is 5.71. The highest BCUT2D eigenvalue weighted by Gasteiger charge is 2.25. The van der Waals surface area contributed by atoms with Gasteiger partial charge in [0, 0.05) is 12.8 Å². The fourth-order valence-corrected chi connectivity index (χ4v) is 8.21. The topological polar surface area (TPSA) is 108 Å². The second kappa shape index (κ2) is 69.2. The third-order valence-electron chi connectivity index (χ3n) is 13.4. The van der Waals surface area contributed by atoms with Crippen molar-refractivity contribution in [3.8, 4) is 0 Å². The molecule has 0 aliphatic heterocycles. The lowest BCUT2D eigenvalue weighted by Gasteiger charge is -2.25. The SMILES string of the molecule is CC/C=C\C/C=C\C/C=C\C/C=C\C/C=C\C/C=C\C/C=C\C/C=C\C/C=C\C/C=C\C/C=C\C/C=C\CCCCCCC(=O)OC(COC(=O)CCCCC/C=C\C/C=C\C/C=C\C/C=C\C/C=C\C/C=C\C/C=C\CC)COC(OCC[N+](C)(C)C)C(=O)O. The molecule has 0 aromatic carbocycles. The van der Waals surface area contributed by atoms with Crippen molar-refractivity contribution in [3.63, 3.8) is 0 Å². The molecule has 0 saturated heterocycles. The largest absolute Gasteiger partial charge is 0.477 e. The van der Waals surface area contributed by atoms with Crippen LogP contribution < -0.4 is 0 Å². The van der Waals surface area contributed by atoms with Crippen LogP contribution in [0.4, 0.5) is 0 Å². The van der Waals surface area contributed by atoms with Crippen LogP contribution in [-0.4, -0.2) is 87.4 Å². The molecule has 0 saturated carbocycles. The third kappa shape index (κ3) is 70.7. The summed E-state index contributed by atoms with van der Waals surface area (Å²) in [4.78, 5) is 37.6. The molecule has 0 fully saturated rings. The van der Waals surface area contributed by atoms with Crippen molar-refractivity contribution in [1.82, 2.24) is 0 Å². The average molecular weight is 1250 g/mol. The summed E-state index contributed by atoms with van der Waals surface area (Å²) in [6, 6.07) is 0. The number of carboxylic acids is 1. The molecule has 9 nitrogen and oxygen atoms in total. The number of likely N-dealkylation sites (N-methyl/N-ethyl adjacent to an activating group) is 1. The predicted molar refractivity (Wildman–Crippen MR) is 391 cm³/mol. The Balaban J connectivity index is 4.33. The summed E-state index contributed by atoms with van der Waals surface area (Å²) in [5.41, 5.74) is 0. The number of hydrogen-bond acceptors (Lipinski definition) is 7. The summed E-state index contributed by atoms with van der Waals surface area (Å²) >= 11 is 0. The van der Waals surface area contributed by atoms with Crippen molar-refractivity contribution in [2.24, 2.45) is 0 Å². The van der Waals surface area contributed by atoms with Crippen LogP contribution in [-0.2, 0) is 33.3 Å². The number of unbranched alkanes of at least 4 members (excludes halogenated alkanes) is 7. The van der Waals surface area contributed by atoms with Gasteiger partial charge in [-0.2, -0.15) is 0 Å². The van der Waals surface area contributed by atoms with E-state index in [4.69, 9.17) is 18.9 Å². The maximum absolute atomic E-state index is 12.9. The Morgan fingerprint density at radius 2 is 0.593 bits per heavy atom. The number of carbonyl (C=O) groups is 3. The van der Waals surface area contributed by atoms with Gasteiger partial charge in [0.05, 0.1) is 34.4 Å². The van der Waals surface area contributed by atoms with Crippen LogP contribution in [0.25, 0.3) is 0 Å². The average Bonchev–Trinajstić information content (AvgIpc) is 3.53. The number of rotatable bonds is 60. The fraction of sp³-hybridized carbons (Fsp3) is 0.500. The van der Waals surface area contributed by atoms with Crippen LogP contribution in [0.3, 0.4) is 0 Å². The summed E-state index contributed by atoms with van der Waals surface area (Å²) in [6.07, 6.45) is 109. The Morgan fingerprint density at radius 1 is 0.330 bits per heavy atom. The molecule has 0 rings (SSSR count). The summed E-state index contributed by atoms with van der Waals surface area (Å²) in [6.45, 7) is 4.53. The fourth-order valence-electron chi connectivity index (χ4n) is 8.21. The number of quaternary nitrogens is 1. The summed E-state index contributed by atoms with van der Waals surface area (Å²) in [5.74, 6) is -2.12. The second-order valence-electron chi connectivity index (χ2n) is 23.0. The monoisotopic (exact) mass is 1250 g/mol. The smallest absolute Gasteiger partial charge is 0.361 e. The third-order valence-corrected chi connectivity index (χ3v) is 13.4. The maximum atomic E-state index is 12.9. The Labute approximate surface area is 555 Å². The van der Waals surface area contributed by atoms with E-state index in [1.54, 1.807) is 0 Å². The molecule has 504 valence electrons. The highest BCUT2D eigenvalue weighted by Crippen LogP contribution is 2.12. The maximum Gasteiger partial charge on any atom is 0.361 e. The summed E-state index contributed by atoms with van der Waals surface area (Å²) < 4.78 is 22.9. The molecule has 0 amide bonds. The first kappa shape index (κ1) is 84.4. The van der Waals surface area contributed by atoms with E-state index in [-0.39, 0.29) is 32.7 Å². The first-order valence-corrected chi connectivity index (χ1v) is 34.5. The normalized spacial score (nSPS) is 14.2. The molecule has 0 spiro atoms. The Hall–Kier alpha value is -6.65. The molecule has 0 aliphatic carbocycles. The summed E-state index contributed by atoms with van der Waals surface area (Å²) in [5, 5.41) is 9.74. The minimum absolute atomic E-state index is 0.162. The Bertz CT molecular complexity index is 2350. The molecule has 0 heterocycles. The van der Waals surface area contributed by atoms with Crippen LogP contribution in [0.5, 0.6) is 0 Å². The van der Waals surface area contributed by atoms with E-state index >= 15 is 0 Å². The van der Waals surface area contributed by atoms with Crippen molar-refractivity contribution >= 4 is 17.9 Å². The number of esters is 2. The van der Waals surface area contributed by atoms with E-state index in [1.807, 2.05) is 21.1 Å². The molecule has 2 unspecified atom stereocenters. The van der Waals surface area contributed by atoms with Gasteiger partial charge in [0.1, 0.15) is 13.2 Å². The van der Waals surface area contributed by atoms with Crippen LogP contribution in [0.2, 0.25) is 0 Å². The second-order valence-corrected chi connectivity index (χ2v) is 23.0. The van der Waals surface area contributed by atoms with Crippen LogP contribution in [0.15, 0.2) is 231 Å². The van der Waals surface area contributed by atoms with Crippen LogP contribution in [0, 0.1) is 0 Å². The van der Waals surface area contributed by atoms with Gasteiger partial charge in [0.25, 0.3) is 6.29 Å². The van der Waals surface area contributed by atoms with Crippen molar-refractivity contribution in [2.75, 3.05) is 47.5 Å². The highest BCUT2D eigenvalue weighted by atomic mass is 16.7. The van der Waals surface area contributed by atoms with E-state index < -0.39 is 30.3 Å². The molecule has 0 aromatic heterocycles. The van der Waals surface area contributed by atoms with E-state index in [0.717, 1.165) is 167 Å². The van der Waals surface area contributed by atoms with Gasteiger partial charge in [-0.25, -0.2) is 4.79 Å². The van der Waals surface area contributed by atoms with Crippen molar-refractivity contribution in [2.45, 2.75) is 219 Å². The number of ether oxygens (including phenoxy) is 4. The van der Waals surface area contributed by atoms with E-state index in [9.17, 15) is 19.5 Å². The van der Waals surface area contributed by atoms with Crippen molar-refractivity contribution in [3.05, 3.63) is 231 Å². The molecule has 1 N–H and O–H groups in total. The van der Waals surface area contributed by atoms with Gasteiger partial charge in [-0.05, 0) is 161 Å². The Morgan fingerprint density at radius 3 is 0.879 bits per heavy atom. The van der Waals surface area contributed by atoms with E-state index in [2.05, 4.69) is 245 Å². The molecule has 91 heavy (non-hydrogen) atoms. The molecule has 9 heteroatoms. The number of carbonyl (C=O) groups excluding carboxylic acids is 2. The number of carboxylic acid groups (broad SMARTS) is 1. The van der Waals surface area contributed by atoms with E-state index in [0.29, 0.717) is 23.9 Å². The zero-order chi connectivity index (χ0) is 66.1. The molecule has 0 bridgehead atoms. The van der Waals surface area contributed by atoms with Gasteiger partial charge >= 0.3 is 17.9 Å². The number of aliphatic carboxylic acids is 1. The zero-order valence-electron chi connectivity index (χ0n) is 57.4. The molecule has 0 aliphatic rings. The van der Waals surface area contributed by atoms with Crippen LogP contribution in [0.1, 0.15) is 206 Å². The lowest BCUT2D eigenvalue weighted by molar-refractivity contribution is -0.870. The van der Waals surface area contributed by atoms with Gasteiger partial charge in [-0.1, -0.05) is 264 Å². The first-order chi connectivity index (χ1) is 44.6. The molecular weight excluding hydrogens is 1130 g/mol. The number of hydrogen-bond donors (Lipinski definition) is 1. The molecule has 2 atom stereocenters. The van der Waals surface area contributed by atoms with Gasteiger partial charge in [0.15, 0.2) is 6.10 Å². The molecule has 0 aromatic rings. The van der Waals surface area contributed by atoms with Gasteiger partial charge < -0.3 is 28.5 Å². The zero-order valence-corrected chi connectivity index (χ0v) is 57.4. The van der Waals surface area contributed by atoms with Gasteiger partial charge in [-0.15, -0.1) is 0 Å². The first-order valence-electron chi connectivity index (χ1n) is 34.5. The van der Waals surface area contributed by atoms with Gasteiger partial charge in [-0.3, -0.25) is 9.59 Å². The lowest BCUT2D eigenvalue weighted by Crippen LogP contribution is -2.40. The van der Waals surface area contributed by atoms with Crippen molar-refractivity contribution < 1.29 is 42.9 Å². The minimum atomic E-state index is -1.54. The van der Waals surface area contributed by atoms with E-state index in [1.165, 1.54) is 0 Å². The number of nitrogens with zero attached hydrogens (tertiary/aromatic N) is 1. The predicted octanol–water partition coefficient (Wildman–Crippen LogP) is 21.9. The lowest BCUT2D eigenvalue weighted by atomic mass is 10.1. The van der Waals surface area contributed by atoms with Gasteiger partial charge in [0.2, 0.25) is 0 Å².